The van der Waals surface area contributed by atoms with E-state index in [2.05, 4.69) is 22.0 Å². The van der Waals surface area contributed by atoms with Crippen molar-refractivity contribution >= 4 is 0 Å². The van der Waals surface area contributed by atoms with E-state index in [0.29, 0.717) is 23.2 Å². The van der Waals surface area contributed by atoms with Crippen LogP contribution in [0.4, 0.5) is 13.2 Å². The minimum Gasteiger partial charge on any atom is -0.490 e. The number of aromatic amines is 1. The Bertz CT molecular complexity index is 797. The van der Waals surface area contributed by atoms with Crippen LogP contribution in [-0.4, -0.2) is 34.8 Å². The molecule has 28 heavy (non-hydrogen) atoms. The van der Waals surface area contributed by atoms with Gasteiger partial charge >= 0.3 is 6.18 Å². The quantitative estimate of drug-likeness (QED) is 0.618. The minimum atomic E-state index is -4.50. The third-order valence-corrected chi connectivity index (χ3v) is 4.83. The summed E-state index contributed by atoms with van der Waals surface area (Å²) in [5.41, 5.74) is 2.57. The van der Waals surface area contributed by atoms with Crippen LogP contribution < -0.4 is 4.74 Å². The molecule has 0 unspecified atom stereocenters. The lowest BCUT2D eigenvalue weighted by atomic mass is 9.93. The van der Waals surface area contributed by atoms with Crippen LogP contribution in [0.5, 0.6) is 5.75 Å². The Kier molecular flexibility index (Phi) is 7.15. The molecule has 156 valence electrons. The molecule has 0 aliphatic rings. The molecular weight excluding hydrogens is 367 g/mol. The molecule has 4 nitrogen and oxygen atoms in total. The first kappa shape index (κ1) is 22.3. The third-order valence-electron chi connectivity index (χ3n) is 4.83. The highest BCUT2D eigenvalue weighted by Crippen LogP contribution is 2.43. The van der Waals surface area contributed by atoms with Gasteiger partial charge in [0.15, 0.2) is 0 Å². The number of hydrogen-bond acceptors (Lipinski definition) is 3. The number of H-pyrrole nitrogens is 1. The summed E-state index contributed by atoms with van der Waals surface area (Å²) in [6, 6.07) is 1.19. The number of rotatable bonds is 8. The molecule has 2 aromatic rings. The normalized spacial score (nSPS) is 12.2. The predicted molar refractivity (Wildman–Crippen MR) is 106 cm³/mol. The Hall–Kier alpha value is -2.02. The van der Waals surface area contributed by atoms with Gasteiger partial charge in [0.2, 0.25) is 0 Å². The lowest BCUT2D eigenvalue weighted by molar-refractivity contribution is -0.139. The van der Waals surface area contributed by atoms with E-state index < -0.39 is 11.7 Å². The maximum absolute atomic E-state index is 13.8. The van der Waals surface area contributed by atoms with Gasteiger partial charge in [0.1, 0.15) is 5.75 Å². The number of unbranched alkanes of at least 4 members (excludes halogenated alkanes) is 1. The first-order valence-electron chi connectivity index (χ1n) is 9.65. The maximum Gasteiger partial charge on any atom is 0.419 e. The molecule has 2 rings (SSSR count). The van der Waals surface area contributed by atoms with Crippen LogP contribution in [-0.2, 0) is 12.7 Å². The second kappa shape index (κ2) is 8.99. The molecule has 0 radical (unpaired) electrons. The fourth-order valence-electron chi connectivity index (χ4n) is 3.21. The average molecular weight is 397 g/mol. The van der Waals surface area contributed by atoms with Gasteiger partial charge in [-0.05, 0) is 70.5 Å². The molecule has 0 aliphatic heterocycles. The van der Waals surface area contributed by atoms with Crippen molar-refractivity contribution in [2.75, 3.05) is 13.6 Å². The SMILES string of the molecule is CCCCN(C)Cc1[nH]ncc1-c1cc(C(F)(F)F)c(OC(C)C)c(C)c1C. The summed E-state index contributed by atoms with van der Waals surface area (Å²) >= 11 is 0. The van der Waals surface area contributed by atoms with E-state index in [4.69, 9.17) is 4.74 Å². The van der Waals surface area contributed by atoms with Gasteiger partial charge in [-0.25, -0.2) is 0 Å². The third kappa shape index (κ3) is 5.07. The number of alkyl halides is 3. The van der Waals surface area contributed by atoms with Crippen molar-refractivity contribution in [2.24, 2.45) is 0 Å². The fraction of sp³-hybridized carbons (Fsp3) is 0.571. The number of benzene rings is 1. The standard InChI is InChI=1S/C21H30F3N3O/c1-7-8-9-27(6)12-19-17(11-25-26-19)16-10-18(21(22,23)24)20(28-13(2)3)15(5)14(16)4/h10-11,13H,7-9,12H2,1-6H3,(H,25,26). The Morgan fingerprint density at radius 2 is 1.86 bits per heavy atom. The zero-order chi connectivity index (χ0) is 21.1. The molecule has 0 bridgehead atoms. The summed E-state index contributed by atoms with van der Waals surface area (Å²) in [6.45, 7) is 10.6. The van der Waals surface area contributed by atoms with Crippen LogP contribution in [0.25, 0.3) is 11.1 Å². The second-order valence-electron chi connectivity index (χ2n) is 7.57. The van der Waals surface area contributed by atoms with Gasteiger partial charge < -0.3 is 9.64 Å². The molecule has 0 aliphatic carbocycles. The summed E-state index contributed by atoms with van der Waals surface area (Å²) < 4.78 is 46.9. The van der Waals surface area contributed by atoms with Crippen molar-refractivity contribution in [3.63, 3.8) is 0 Å². The summed E-state index contributed by atoms with van der Waals surface area (Å²) in [6.07, 6.45) is -1.09. The molecule has 0 saturated carbocycles. The fourth-order valence-corrected chi connectivity index (χ4v) is 3.21. The summed E-state index contributed by atoms with van der Waals surface area (Å²) in [5.74, 6) is -0.0890. The van der Waals surface area contributed by atoms with E-state index in [1.807, 2.05) is 14.0 Å². The molecule has 1 N–H and O–H groups in total. The van der Waals surface area contributed by atoms with Crippen molar-refractivity contribution in [1.82, 2.24) is 15.1 Å². The molecular formula is C21H30F3N3O. The van der Waals surface area contributed by atoms with E-state index in [1.54, 1.807) is 27.0 Å². The molecule has 0 saturated heterocycles. The van der Waals surface area contributed by atoms with Crippen LogP contribution in [0.2, 0.25) is 0 Å². The number of aromatic nitrogens is 2. The van der Waals surface area contributed by atoms with Crippen LogP contribution in [0.15, 0.2) is 12.3 Å². The van der Waals surface area contributed by atoms with Crippen molar-refractivity contribution in [1.29, 1.82) is 0 Å². The molecule has 7 heteroatoms. The monoisotopic (exact) mass is 397 g/mol. The molecule has 0 amide bonds. The zero-order valence-electron chi connectivity index (χ0n) is 17.5. The van der Waals surface area contributed by atoms with Crippen LogP contribution >= 0.6 is 0 Å². The lowest BCUT2D eigenvalue weighted by Gasteiger charge is -2.22. The largest absolute Gasteiger partial charge is 0.490 e. The van der Waals surface area contributed by atoms with Crippen molar-refractivity contribution < 1.29 is 17.9 Å². The molecule has 0 spiro atoms. The average Bonchev–Trinajstić information content (AvgIpc) is 3.03. The summed E-state index contributed by atoms with van der Waals surface area (Å²) in [7, 11) is 2.00. The molecule has 1 heterocycles. The van der Waals surface area contributed by atoms with Gasteiger partial charge in [0, 0.05) is 12.1 Å². The highest BCUT2D eigenvalue weighted by molar-refractivity contribution is 5.73. The van der Waals surface area contributed by atoms with Gasteiger partial charge in [-0.15, -0.1) is 0 Å². The Morgan fingerprint density at radius 3 is 2.43 bits per heavy atom. The Morgan fingerprint density at radius 1 is 1.18 bits per heavy atom. The van der Waals surface area contributed by atoms with Crippen LogP contribution in [0, 0.1) is 13.8 Å². The Balaban J connectivity index is 2.53. The molecule has 0 fully saturated rings. The van der Waals surface area contributed by atoms with Crippen LogP contribution in [0.3, 0.4) is 0 Å². The van der Waals surface area contributed by atoms with E-state index in [-0.39, 0.29) is 11.9 Å². The van der Waals surface area contributed by atoms with Gasteiger partial charge in [-0.2, -0.15) is 18.3 Å². The Labute approximate surface area is 165 Å². The first-order valence-corrected chi connectivity index (χ1v) is 9.65. The van der Waals surface area contributed by atoms with Crippen molar-refractivity contribution in [2.45, 2.75) is 66.3 Å². The van der Waals surface area contributed by atoms with Gasteiger partial charge in [0.25, 0.3) is 0 Å². The molecule has 1 aromatic carbocycles. The van der Waals surface area contributed by atoms with Crippen molar-refractivity contribution in [3.05, 3.63) is 34.6 Å². The van der Waals surface area contributed by atoms with E-state index >= 15 is 0 Å². The second-order valence-corrected chi connectivity index (χ2v) is 7.57. The summed E-state index contributed by atoms with van der Waals surface area (Å²) in [4.78, 5) is 2.14. The number of ether oxygens (including phenoxy) is 1. The molecule has 1 aromatic heterocycles. The zero-order valence-corrected chi connectivity index (χ0v) is 17.5. The first-order chi connectivity index (χ1) is 13.1. The lowest BCUT2D eigenvalue weighted by Crippen LogP contribution is -2.19. The highest BCUT2D eigenvalue weighted by Gasteiger charge is 2.37. The predicted octanol–water partition coefficient (Wildman–Crippen LogP) is 5.73. The van der Waals surface area contributed by atoms with Gasteiger partial charge in [-0.3, -0.25) is 5.10 Å². The van der Waals surface area contributed by atoms with E-state index in [9.17, 15) is 13.2 Å². The maximum atomic E-state index is 13.8. The van der Waals surface area contributed by atoms with Gasteiger partial charge in [0.05, 0.1) is 23.6 Å². The number of halogens is 3. The van der Waals surface area contributed by atoms with Crippen LogP contribution in [0.1, 0.15) is 56.0 Å². The van der Waals surface area contributed by atoms with E-state index in [1.165, 1.54) is 6.07 Å². The smallest absolute Gasteiger partial charge is 0.419 e. The van der Waals surface area contributed by atoms with E-state index in [0.717, 1.165) is 30.6 Å². The van der Waals surface area contributed by atoms with Gasteiger partial charge in [-0.1, -0.05) is 13.3 Å². The number of hydrogen-bond donors (Lipinski definition) is 1. The van der Waals surface area contributed by atoms with Crippen molar-refractivity contribution in [3.8, 4) is 16.9 Å². The molecule has 0 atom stereocenters. The topological polar surface area (TPSA) is 41.2 Å². The number of nitrogens with one attached hydrogen (secondary N) is 1. The highest BCUT2D eigenvalue weighted by atomic mass is 19.4. The number of nitrogens with zero attached hydrogens (tertiary/aromatic N) is 2. The minimum absolute atomic E-state index is 0.0890. The summed E-state index contributed by atoms with van der Waals surface area (Å²) in [5, 5.41) is 7.06.